The van der Waals surface area contributed by atoms with Crippen molar-refractivity contribution in [3.05, 3.63) is 48.9 Å². The van der Waals surface area contributed by atoms with Crippen molar-refractivity contribution in [3.63, 3.8) is 0 Å². The first-order valence-electron chi connectivity index (χ1n) is 6.72. The molecule has 0 spiro atoms. The Morgan fingerprint density at radius 3 is 2.62 bits per heavy atom. The molecule has 112 valence electrons. The van der Waals surface area contributed by atoms with E-state index in [2.05, 4.69) is 44.8 Å². The lowest BCUT2D eigenvalue weighted by Crippen LogP contribution is -2.08. The Labute approximate surface area is 148 Å². The fraction of sp³-hybridized carbons (Fsp3) is 0.333. The number of nitrogens with zero attached hydrogens (tertiary/aromatic N) is 2. The average Bonchev–Trinajstić information content (AvgIpc) is 2.45. The van der Waals surface area contributed by atoms with Crippen LogP contribution in [-0.2, 0) is 12.8 Å². The molecule has 0 amide bonds. The standard InChI is InChI=1S/C15H16Cl2IN3/c1-3-4-12-14(18)15(19-2)21-13(20-12)7-9-5-6-10(16)8-11(9)17/h5-6,8H,3-4,7H2,1-2H3,(H,19,20,21). The van der Waals surface area contributed by atoms with Crippen molar-refractivity contribution < 1.29 is 0 Å². The monoisotopic (exact) mass is 435 g/mol. The van der Waals surface area contributed by atoms with Gasteiger partial charge in [0.2, 0.25) is 0 Å². The summed E-state index contributed by atoms with van der Waals surface area (Å²) in [6, 6.07) is 5.50. The lowest BCUT2D eigenvalue weighted by Gasteiger charge is -2.11. The Bertz CT molecular complexity index is 647. The van der Waals surface area contributed by atoms with E-state index in [0.29, 0.717) is 16.5 Å². The molecule has 0 radical (unpaired) electrons. The first-order valence-corrected chi connectivity index (χ1v) is 8.55. The van der Waals surface area contributed by atoms with Gasteiger partial charge in [-0.3, -0.25) is 0 Å². The van der Waals surface area contributed by atoms with Crippen LogP contribution >= 0.6 is 45.8 Å². The summed E-state index contributed by atoms with van der Waals surface area (Å²) in [4.78, 5) is 9.25. The van der Waals surface area contributed by atoms with E-state index in [4.69, 9.17) is 23.2 Å². The van der Waals surface area contributed by atoms with Gasteiger partial charge in [0, 0.05) is 23.5 Å². The second kappa shape index (κ2) is 7.61. The number of rotatable bonds is 5. The number of anilines is 1. The molecule has 0 aliphatic carbocycles. The molecule has 1 aromatic heterocycles. The van der Waals surface area contributed by atoms with Crippen molar-refractivity contribution in [1.29, 1.82) is 0 Å². The normalized spacial score (nSPS) is 10.7. The third-order valence-corrected chi connectivity index (χ3v) is 4.77. The average molecular weight is 436 g/mol. The van der Waals surface area contributed by atoms with E-state index in [1.165, 1.54) is 0 Å². The zero-order valence-corrected chi connectivity index (χ0v) is 15.6. The molecule has 6 heteroatoms. The highest BCUT2D eigenvalue weighted by Crippen LogP contribution is 2.25. The van der Waals surface area contributed by atoms with Crippen LogP contribution < -0.4 is 5.32 Å². The van der Waals surface area contributed by atoms with E-state index >= 15 is 0 Å². The Morgan fingerprint density at radius 2 is 2.00 bits per heavy atom. The minimum atomic E-state index is 0.596. The first-order chi connectivity index (χ1) is 10.0. The number of benzene rings is 1. The van der Waals surface area contributed by atoms with E-state index in [-0.39, 0.29) is 0 Å². The highest BCUT2D eigenvalue weighted by molar-refractivity contribution is 14.1. The summed E-state index contributed by atoms with van der Waals surface area (Å²) >= 11 is 14.4. The summed E-state index contributed by atoms with van der Waals surface area (Å²) in [6.07, 6.45) is 2.59. The molecule has 0 fully saturated rings. The molecule has 0 saturated carbocycles. The van der Waals surface area contributed by atoms with Gasteiger partial charge in [0.05, 0.1) is 9.26 Å². The highest BCUT2D eigenvalue weighted by Gasteiger charge is 2.12. The maximum absolute atomic E-state index is 6.23. The molecule has 2 aromatic rings. The molecule has 0 unspecified atom stereocenters. The molecule has 0 bridgehead atoms. The van der Waals surface area contributed by atoms with E-state index in [9.17, 15) is 0 Å². The van der Waals surface area contributed by atoms with Gasteiger partial charge in [0.15, 0.2) is 0 Å². The summed E-state index contributed by atoms with van der Waals surface area (Å²) < 4.78 is 1.09. The molecule has 0 aliphatic heterocycles. The molecule has 1 heterocycles. The van der Waals surface area contributed by atoms with Crippen molar-refractivity contribution in [2.75, 3.05) is 12.4 Å². The third-order valence-electron chi connectivity index (χ3n) is 3.05. The third kappa shape index (κ3) is 4.20. The number of nitrogens with one attached hydrogen (secondary N) is 1. The van der Waals surface area contributed by atoms with Gasteiger partial charge in [-0.15, -0.1) is 0 Å². The van der Waals surface area contributed by atoms with Crippen molar-refractivity contribution in [3.8, 4) is 0 Å². The molecule has 0 atom stereocenters. The minimum Gasteiger partial charge on any atom is -0.372 e. The summed E-state index contributed by atoms with van der Waals surface area (Å²) in [5, 5.41) is 4.41. The maximum atomic E-state index is 6.23. The van der Waals surface area contributed by atoms with Crippen molar-refractivity contribution >= 4 is 51.6 Å². The summed E-state index contributed by atoms with van der Waals surface area (Å²) in [7, 11) is 1.87. The molecule has 3 nitrogen and oxygen atoms in total. The van der Waals surface area contributed by atoms with Crippen molar-refractivity contribution in [1.82, 2.24) is 9.97 Å². The Kier molecular flexibility index (Phi) is 6.08. The summed E-state index contributed by atoms with van der Waals surface area (Å²) in [5.74, 6) is 1.64. The second-order valence-corrected chi connectivity index (χ2v) is 6.58. The van der Waals surface area contributed by atoms with E-state index < -0.39 is 0 Å². The number of hydrogen-bond donors (Lipinski definition) is 1. The second-order valence-electron chi connectivity index (χ2n) is 4.66. The van der Waals surface area contributed by atoms with E-state index in [1.807, 2.05) is 19.2 Å². The Balaban J connectivity index is 2.37. The lowest BCUT2D eigenvalue weighted by molar-refractivity contribution is 0.834. The van der Waals surface area contributed by atoms with E-state index in [1.54, 1.807) is 6.07 Å². The molecule has 0 saturated heterocycles. The van der Waals surface area contributed by atoms with Crippen molar-refractivity contribution in [2.45, 2.75) is 26.2 Å². The quantitative estimate of drug-likeness (QED) is 0.673. The smallest absolute Gasteiger partial charge is 0.143 e. The molecule has 2 rings (SSSR count). The van der Waals surface area contributed by atoms with Crippen LogP contribution in [0.15, 0.2) is 18.2 Å². The minimum absolute atomic E-state index is 0.596. The van der Waals surface area contributed by atoms with Crippen LogP contribution in [0.25, 0.3) is 0 Å². The molecule has 1 N–H and O–H groups in total. The van der Waals surface area contributed by atoms with Crippen LogP contribution in [0.3, 0.4) is 0 Å². The van der Waals surface area contributed by atoms with Crippen LogP contribution in [0.4, 0.5) is 5.82 Å². The fourth-order valence-corrected chi connectivity index (χ4v) is 3.28. The molecule has 0 aliphatic rings. The number of halogens is 3. The maximum Gasteiger partial charge on any atom is 0.143 e. The lowest BCUT2D eigenvalue weighted by atomic mass is 10.1. The van der Waals surface area contributed by atoms with Gasteiger partial charge in [-0.2, -0.15) is 0 Å². The first kappa shape index (κ1) is 16.8. The van der Waals surface area contributed by atoms with Crippen LogP contribution in [0.2, 0.25) is 10.0 Å². The Hall–Kier alpha value is -0.590. The molecular formula is C15H16Cl2IN3. The van der Waals surface area contributed by atoms with Gasteiger partial charge in [-0.05, 0) is 46.7 Å². The fourth-order valence-electron chi connectivity index (χ4n) is 2.03. The predicted octanol–water partition coefficient (Wildman–Crippen LogP) is 4.97. The zero-order chi connectivity index (χ0) is 15.4. The van der Waals surface area contributed by atoms with Crippen LogP contribution in [-0.4, -0.2) is 17.0 Å². The largest absolute Gasteiger partial charge is 0.372 e. The summed E-state index contributed by atoms with van der Waals surface area (Å²) in [6.45, 7) is 2.15. The zero-order valence-electron chi connectivity index (χ0n) is 11.9. The van der Waals surface area contributed by atoms with Gasteiger partial charge in [-0.1, -0.05) is 42.6 Å². The summed E-state index contributed by atoms with van der Waals surface area (Å²) in [5.41, 5.74) is 2.06. The van der Waals surface area contributed by atoms with Crippen molar-refractivity contribution in [2.24, 2.45) is 0 Å². The van der Waals surface area contributed by atoms with Crippen LogP contribution in [0, 0.1) is 3.57 Å². The van der Waals surface area contributed by atoms with Gasteiger partial charge in [0.25, 0.3) is 0 Å². The number of aryl methyl sites for hydroxylation is 1. The molecule has 21 heavy (non-hydrogen) atoms. The van der Waals surface area contributed by atoms with Gasteiger partial charge >= 0.3 is 0 Å². The van der Waals surface area contributed by atoms with E-state index in [0.717, 1.165) is 39.3 Å². The SMILES string of the molecule is CCCc1nc(Cc2ccc(Cl)cc2Cl)nc(NC)c1I. The topological polar surface area (TPSA) is 37.8 Å². The highest BCUT2D eigenvalue weighted by atomic mass is 127. The van der Waals surface area contributed by atoms with Gasteiger partial charge in [0.1, 0.15) is 11.6 Å². The number of hydrogen-bond acceptors (Lipinski definition) is 3. The molecular weight excluding hydrogens is 420 g/mol. The molecule has 1 aromatic carbocycles. The van der Waals surface area contributed by atoms with Crippen LogP contribution in [0.1, 0.15) is 30.4 Å². The Morgan fingerprint density at radius 1 is 1.24 bits per heavy atom. The predicted molar refractivity (Wildman–Crippen MR) is 97.6 cm³/mol. The number of aromatic nitrogens is 2. The van der Waals surface area contributed by atoms with Crippen LogP contribution in [0.5, 0.6) is 0 Å². The van der Waals surface area contributed by atoms with Gasteiger partial charge in [-0.25, -0.2) is 9.97 Å². The van der Waals surface area contributed by atoms with Gasteiger partial charge < -0.3 is 5.32 Å².